The zero-order valence-electron chi connectivity index (χ0n) is 9.51. The molecule has 18 heavy (non-hydrogen) atoms. The molecule has 2 aromatic heterocycles. The van der Waals surface area contributed by atoms with E-state index in [1.807, 2.05) is 31.2 Å². The summed E-state index contributed by atoms with van der Waals surface area (Å²) in [5.41, 5.74) is 1.72. The molecule has 1 N–H and O–H groups in total. The third-order valence-electron chi connectivity index (χ3n) is 2.48. The van der Waals surface area contributed by atoms with E-state index >= 15 is 0 Å². The number of hydrogen-bond donors (Lipinski definition) is 1. The van der Waals surface area contributed by atoms with Crippen molar-refractivity contribution < 1.29 is 4.74 Å². The molecule has 0 fully saturated rings. The average Bonchev–Trinajstić information content (AvgIpc) is 2.80. The molecule has 2 heterocycles. The van der Waals surface area contributed by atoms with Crippen molar-refractivity contribution in [3.8, 4) is 11.6 Å². The van der Waals surface area contributed by atoms with Crippen LogP contribution in [-0.2, 0) is 0 Å². The van der Waals surface area contributed by atoms with Crippen molar-refractivity contribution >= 4 is 22.6 Å². The molecule has 0 spiro atoms. The van der Waals surface area contributed by atoms with Crippen molar-refractivity contribution in [3.63, 3.8) is 0 Å². The van der Waals surface area contributed by atoms with E-state index in [0.29, 0.717) is 22.7 Å². The Balaban J connectivity index is 2.03. The van der Waals surface area contributed by atoms with Crippen LogP contribution in [0.3, 0.4) is 0 Å². The molecule has 0 radical (unpaired) electrons. The summed E-state index contributed by atoms with van der Waals surface area (Å²) in [4.78, 5) is 8.07. The molecule has 0 aliphatic rings. The topological polar surface area (TPSA) is 63.7 Å². The summed E-state index contributed by atoms with van der Waals surface area (Å²) in [5, 5.41) is 7.44. The Hall–Kier alpha value is -2.14. The highest BCUT2D eigenvalue weighted by molar-refractivity contribution is 6.28. The number of rotatable bonds is 2. The van der Waals surface area contributed by atoms with Gasteiger partial charge in [0.1, 0.15) is 11.1 Å². The largest absolute Gasteiger partial charge is 0.438 e. The molecule has 0 unspecified atom stereocenters. The summed E-state index contributed by atoms with van der Waals surface area (Å²) < 4.78 is 5.69. The van der Waals surface area contributed by atoms with Crippen LogP contribution in [0.25, 0.3) is 11.0 Å². The fourth-order valence-corrected chi connectivity index (χ4v) is 1.74. The van der Waals surface area contributed by atoms with Crippen LogP contribution >= 0.6 is 11.6 Å². The predicted octanol–water partition coefficient (Wildman–Crippen LogP) is 3.11. The monoisotopic (exact) mass is 260 g/mol. The number of nitrogens with zero attached hydrogens (tertiary/aromatic N) is 3. The van der Waals surface area contributed by atoms with Crippen molar-refractivity contribution in [1.82, 2.24) is 20.2 Å². The second-order valence-electron chi connectivity index (χ2n) is 3.85. The quantitative estimate of drug-likeness (QED) is 0.719. The lowest BCUT2D eigenvalue weighted by atomic mass is 10.2. The number of aromatic amines is 1. The fraction of sp³-hybridized carbons (Fsp3) is 0.0833. The maximum Gasteiger partial charge on any atom is 0.234 e. The molecule has 90 valence electrons. The minimum Gasteiger partial charge on any atom is -0.438 e. The Labute approximate surface area is 108 Å². The standard InChI is InChI=1S/C12H9ClN4O/c1-7-2-4-8(5-3-7)18-11-9-6-14-17-10(9)15-12(13)16-11/h2-6H,1H3,(H,14,15,16,17). The van der Waals surface area contributed by atoms with Gasteiger partial charge in [-0.15, -0.1) is 0 Å². The van der Waals surface area contributed by atoms with Crippen molar-refractivity contribution in [2.45, 2.75) is 6.92 Å². The number of hydrogen-bond acceptors (Lipinski definition) is 4. The van der Waals surface area contributed by atoms with Crippen LogP contribution in [0.1, 0.15) is 5.56 Å². The molecular weight excluding hydrogens is 252 g/mol. The van der Waals surface area contributed by atoms with Crippen LogP contribution in [0.15, 0.2) is 30.5 Å². The molecule has 0 aliphatic heterocycles. The van der Waals surface area contributed by atoms with E-state index in [4.69, 9.17) is 16.3 Å². The van der Waals surface area contributed by atoms with Crippen LogP contribution in [0.4, 0.5) is 0 Å². The maximum atomic E-state index is 5.82. The first kappa shape index (κ1) is 11.0. The first-order valence-electron chi connectivity index (χ1n) is 5.33. The van der Waals surface area contributed by atoms with Gasteiger partial charge in [-0.3, -0.25) is 5.10 Å². The van der Waals surface area contributed by atoms with Crippen molar-refractivity contribution in [3.05, 3.63) is 41.3 Å². The SMILES string of the molecule is Cc1ccc(Oc2nc(Cl)nc3[nH]ncc23)cc1. The van der Waals surface area contributed by atoms with Gasteiger partial charge in [0.05, 0.1) is 6.20 Å². The van der Waals surface area contributed by atoms with Gasteiger partial charge in [-0.2, -0.15) is 15.1 Å². The lowest BCUT2D eigenvalue weighted by Gasteiger charge is -2.05. The zero-order chi connectivity index (χ0) is 12.5. The Kier molecular flexibility index (Phi) is 2.60. The second kappa shape index (κ2) is 4.27. The summed E-state index contributed by atoms with van der Waals surface area (Å²) in [6, 6.07) is 7.67. The number of H-pyrrole nitrogens is 1. The minimum absolute atomic E-state index is 0.119. The van der Waals surface area contributed by atoms with Gasteiger partial charge in [0.2, 0.25) is 11.2 Å². The van der Waals surface area contributed by atoms with E-state index in [1.54, 1.807) is 6.20 Å². The van der Waals surface area contributed by atoms with Crippen LogP contribution < -0.4 is 4.74 Å². The number of halogens is 1. The molecular formula is C12H9ClN4O. The van der Waals surface area contributed by atoms with Gasteiger partial charge in [0.15, 0.2) is 5.65 Å². The number of fused-ring (bicyclic) bond motifs is 1. The van der Waals surface area contributed by atoms with Gasteiger partial charge in [0, 0.05) is 0 Å². The lowest BCUT2D eigenvalue weighted by Crippen LogP contribution is -1.92. The second-order valence-corrected chi connectivity index (χ2v) is 4.18. The molecule has 0 saturated heterocycles. The molecule has 6 heteroatoms. The normalized spacial score (nSPS) is 10.8. The zero-order valence-corrected chi connectivity index (χ0v) is 10.3. The van der Waals surface area contributed by atoms with E-state index in [1.165, 1.54) is 0 Å². The van der Waals surface area contributed by atoms with Gasteiger partial charge in [-0.25, -0.2) is 0 Å². The van der Waals surface area contributed by atoms with E-state index in [2.05, 4.69) is 20.2 Å². The molecule has 3 aromatic rings. The molecule has 0 bridgehead atoms. The lowest BCUT2D eigenvalue weighted by molar-refractivity contribution is 0.468. The van der Waals surface area contributed by atoms with E-state index in [9.17, 15) is 0 Å². The van der Waals surface area contributed by atoms with Crippen LogP contribution in [0.2, 0.25) is 5.28 Å². The predicted molar refractivity (Wildman–Crippen MR) is 67.9 cm³/mol. The van der Waals surface area contributed by atoms with Gasteiger partial charge in [0.25, 0.3) is 0 Å². The smallest absolute Gasteiger partial charge is 0.234 e. The Bertz CT molecular complexity index is 693. The van der Waals surface area contributed by atoms with Crippen LogP contribution in [-0.4, -0.2) is 20.2 Å². The van der Waals surface area contributed by atoms with Crippen LogP contribution in [0.5, 0.6) is 11.6 Å². The molecule has 0 aliphatic carbocycles. The van der Waals surface area contributed by atoms with Crippen molar-refractivity contribution in [2.24, 2.45) is 0 Å². The van der Waals surface area contributed by atoms with E-state index in [0.717, 1.165) is 5.56 Å². The summed E-state index contributed by atoms with van der Waals surface area (Å²) in [6.45, 7) is 2.01. The first-order chi connectivity index (χ1) is 8.72. The average molecular weight is 261 g/mol. The number of ether oxygens (including phenoxy) is 1. The third kappa shape index (κ3) is 2.00. The van der Waals surface area contributed by atoms with Crippen molar-refractivity contribution in [2.75, 3.05) is 0 Å². The molecule has 0 amide bonds. The molecule has 0 atom stereocenters. The van der Waals surface area contributed by atoms with Crippen molar-refractivity contribution in [1.29, 1.82) is 0 Å². The summed E-state index contributed by atoms with van der Waals surface area (Å²) in [6.07, 6.45) is 1.61. The van der Waals surface area contributed by atoms with E-state index in [-0.39, 0.29) is 5.28 Å². The molecule has 0 saturated carbocycles. The van der Waals surface area contributed by atoms with Gasteiger partial charge >= 0.3 is 0 Å². The first-order valence-corrected chi connectivity index (χ1v) is 5.71. The summed E-state index contributed by atoms with van der Waals surface area (Å²) in [7, 11) is 0. The number of aryl methyl sites for hydroxylation is 1. The highest BCUT2D eigenvalue weighted by Crippen LogP contribution is 2.27. The molecule has 1 aromatic carbocycles. The van der Waals surface area contributed by atoms with E-state index < -0.39 is 0 Å². The summed E-state index contributed by atoms with van der Waals surface area (Å²) in [5.74, 6) is 1.08. The van der Waals surface area contributed by atoms with Crippen LogP contribution in [0, 0.1) is 6.92 Å². The number of aromatic nitrogens is 4. The number of benzene rings is 1. The highest BCUT2D eigenvalue weighted by atomic mass is 35.5. The molecule has 3 rings (SSSR count). The fourth-order valence-electron chi connectivity index (χ4n) is 1.58. The maximum absolute atomic E-state index is 5.82. The Morgan fingerprint density at radius 2 is 1.94 bits per heavy atom. The summed E-state index contributed by atoms with van der Waals surface area (Å²) >= 11 is 5.82. The Morgan fingerprint density at radius 1 is 1.17 bits per heavy atom. The van der Waals surface area contributed by atoms with Gasteiger partial charge in [-0.05, 0) is 30.7 Å². The number of nitrogens with one attached hydrogen (secondary N) is 1. The highest BCUT2D eigenvalue weighted by Gasteiger charge is 2.10. The van der Waals surface area contributed by atoms with Gasteiger partial charge in [-0.1, -0.05) is 17.7 Å². The minimum atomic E-state index is 0.119. The Morgan fingerprint density at radius 3 is 2.72 bits per heavy atom. The third-order valence-corrected chi connectivity index (χ3v) is 2.65. The molecule has 5 nitrogen and oxygen atoms in total. The van der Waals surface area contributed by atoms with Gasteiger partial charge < -0.3 is 4.74 Å².